The highest BCUT2D eigenvalue weighted by Crippen LogP contribution is 2.24. The summed E-state index contributed by atoms with van der Waals surface area (Å²) >= 11 is 0. The van der Waals surface area contributed by atoms with Gasteiger partial charge in [-0.05, 0) is 48.1 Å². The lowest BCUT2D eigenvalue weighted by atomic mass is 9.87. The number of rotatable bonds is 6. The van der Waals surface area contributed by atoms with Gasteiger partial charge in [0.2, 0.25) is 0 Å². The molecule has 2 amide bonds. The number of hydrogen-bond acceptors (Lipinski definition) is 3. The molecule has 0 spiro atoms. The number of nitrogens with one attached hydrogen (secondary N) is 2. The van der Waals surface area contributed by atoms with Crippen molar-refractivity contribution < 1.29 is 14.3 Å². The maximum Gasteiger partial charge on any atom is 0.262 e. The molecule has 0 heterocycles. The van der Waals surface area contributed by atoms with E-state index in [2.05, 4.69) is 31.4 Å². The fourth-order valence-electron chi connectivity index (χ4n) is 2.67. The van der Waals surface area contributed by atoms with E-state index in [-0.39, 0.29) is 29.9 Å². The third-order valence-electron chi connectivity index (χ3n) is 4.45. The molecule has 3 rings (SSSR count). The van der Waals surface area contributed by atoms with E-state index in [1.165, 1.54) is 5.56 Å². The van der Waals surface area contributed by atoms with E-state index < -0.39 is 0 Å². The van der Waals surface area contributed by atoms with Crippen LogP contribution in [-0.2, 0) is 10.2 Å². The van der Waals surface area contributed by atoms with Crippen molar-refractivity contribution in [2.75, 3.05) is 11.9 Å². The van der Waals surface area contributed by atoms with Gasteiger partial charge in [0.15, 0.2) is 6.61 Å². The third kappa shape index (κ3) is 5.33. The van der Waals surface area contributed by atoms with Crippen LogP contribution >= 0.6 is 0 Å². The van der Waals surface area contributed by atoms with Crippen molar-refractivity contribution in [2.24, 2.45) is 0 Å². The second kappa shape index (κ2) is 7.82. The first kappa shape index (κ1) is 19.0. The summed E-state index contributed by atoms with van der Waals surface area (Å²) in [4.78, 5) is 24.5. The number of hydrogen-bond donors (Lipinski definition) is 2. The molecule has 1 saturated carbocycles. The topological polar surface area (TPSA) is 67.4 Å². The Morgan fingerprint density at radius 3 is 2.33 bits per heavy atom. The molecule has 2 N–H and O–H groups in total. The molecule has 5 nitrogen and oxygen atoms in total. The van der Waals surface area contributed by atoms with Crippen molar-refractivity contribution >= 4 is 17.5 Å². The largest absolute Gasteiger partial charge is 0.484 e. The van der Waals surface area contributed by atoms with Crippen LogP contribution in [0.15, 0.2) is 48.5 Å². The Balaban J connectivity index is 1.57. The fraction of sp³-hybridized carbons (Fsp3) is 0.364. The van der Waals surface area contributed by atoms with Gasteiger partial charge in [-0.1, -0.05) is 45.0 Å². The van der Waals surface area contributed by atoms with E-state index in [0.29, 0.717) is 17.0 Å². The Bertz CT molecular complexity index is 818. The lowest BCUT2D eigenvalue weighted by Crippen LogP contribution is -2.28. The van der Waals surface area contributed by atoms with Crippen LogP contribution in [0.25, 0.3) is 0 Å². The minimum absolute atomic E-state index is 0.0701. The number of anilines is 1. The van der Waals surface area contributed by atoms with Crippen molar-refractivity contribution in [1.29, 1.82) is 0 Å². The Kier molecular flexibility index (Phi) is 5.49. The van der Waals surface area contributed by atoms with Crippen LogP contribution in [0.2, 0.25) is 0 Å². The molecule has 0 bridgehead atoms. The number of benzene rings is 2. The van der Waals surface area contributed by atoms with E-state index in [9.17, 15) is 9.59 Å². The Morgan fingerprint density at radius 1 is 1.04 bits per heavy atom. The summed E-state index contributed by atoms with van der Waals surface area (Å²) in [6, 6.07) is 15.0. The van der Waals surface area contributed by atoms with Crippen LogP contribution in [0, 0.1) is 0 Å². The predicted octanol–water partition coefficient (Wildman–Crippen LogP) is 3.89. The zero-order valence-corrected chi connectivity index (χ0v) is 16.0. The molecule has 0 saturated heterocycles. The molecule has 27 heavy (non-hydrogen) atoms. The van der Waals surface area contributed by atoms with Crippen molar-refractivity contribution in [1.82, 2.24) is 5.32 Å². The molecule has 2 aromatic rings. The van der Waals surface area contributed by atoms with Gasteiger partial charge in [0.05, 0.1) is 11.3 Å². The number of para-hydroxylation sites is 1. The maximum absolute atomic E-state index is 12.3. The highest BCUT2D eigenvalue weighted by atomic mass is 16.5. The van der Waals surface area contributed by atoms with E-state index in [1.54, 1.807) is 24.3 Å². The standard InChI is InChI=1S/C22H26N2O3/c1-22(2,3)15-8-12-17(13-9-15)27-14-20(25)24-19-7-5-4-6-18(19)21(26)23-16-10-11-16/h4-9,12-13,16H,10-11,14H2,1-3H3,(H,23,26)(H,24,25). The van der Waals surface area contributed by atoms with Gasteiger partial charge in [-0.15, -0.1) is 0 Å². The first-order valence-electron chi connectivity index (χ1n) is 9.26. The van der Waals surface area contributed by atoms with Crippen LogP contribution in [0.5, 0.6) is 5.75 Å². The van der Waals surface area contributed by atoms with Crippen molar-refractivity contribution in [3.05, 3.63) is 59.7 Å². The van der Waals surface area contributed by atoms with Crippen LogP contribution in [0.4, 0.5) is 5.69 Å². The quantitative estimate of drug-likeness (QED) is 0.815. The molecule has 0 atom stereocenters. The monoisotopic (exact) mass is 366 g/mol. The average Bonchev–Trinajstić information content (AvgIpc) is 3.44. The molecular weight excluding hydrogens is 340 g/mol. The van der Waals surface area contributed by atoms with Crippen molar-refractivity contribution in [3.8, 4) is 5.75 Å². The van der Waals surface area contributed by atoms with Gasteiger partial charge in [0, 0.05) is 6.04 Å². The van der Waals surface area contributed by atoms with Crippen LogP contribution in [0.3, 0.4) is 0 Å². The van der Waals surface area contributed by atoms with Gasteiger partial charge in [0.1, 0.15) is 5.75 Å². The summed E-state index contributed by atoms with van der Waals surface area (Å²) in [5.74, 6) is 0.173. The van der Waals surface area contributed by atoms with Gasteiger partial charge >= 0.3 is 0 Å². The van der Waals surface area contributed by atoms with E-state index in [0.717, 1.165) is 12.8 Å². The highest BCUT2D eigenvalue weighted by molar-refractivity contribution is 6.04. The molecule has 1 aliphatic rings. The third-order valence-corrected chi connectivity index (χ3v) is 4.45. The molecule has 1 fully saturated rings. The number of ether oxygens (including phenoxy) is 1. The summed E-state index contributed by atoms with van der Waals surface area (Å²) < 4.78 is 5.57. The average molecular weight is 366 g/mol. The van der Waals surface area contributed by atoms with Gasteiger partial charge in [-0.2, -0.15) is 0 Å². The number of carbonyl (C=O) groups is 2. The zero-order valence-electron chi connectivity index (χ0n) is 16.0. The highest BCUT2D eigenvalue weighted by Gasteiger charge is 2.25. The zero-order chi connectivity index (χ0) is 19.4. The van der Waals surface area contributed by atoms with Gasteiger partial charge in [0.25, 0.3) is 11.8 Å². The minimum Gasteiger partial charge on any atom is -0.484 e. The SMILES string of the molecule is CC(C)(C)c1ccc(OCC(=O)Nc2ccccc2C(=O)NC2CC2)cc1. The van der Waals surface area contributed by atoms with Crippen molar-refractivity contribution in [3.63, 3.8) is 0 Å². The smallest absolute Gasteiger partial charge is 0.262 e. The summed E-state index contributed by atoms with van der Waals surface area (Å²) in [6.07, 6.45) is 2.03. The molecule has 142 valence electrons. The molecule has 1 aliphatic carbocycles. The molecule has 5 heteroatoms. The molecule has 0 aliphatic heterocycles. The Hall–Kier alpha value is -2.82. The van der Waals surface area contributed by atoms with Crippen LogP contribution in [0.1, 0.15) is 49.5 Å². The number of carbonyl (C=O) groups excluding carboxylic acids is 2. The molecule has 0 radical (unpaired) electrons. The molecule has 0 aromatic heterocycles. The lowest BCUT2D eigenvalue weighted by Gasteiger charge is -2.19. The first-order valence-corrected chi connectivity index (χ1v) is 9.26. The summed E-state index contributed by atoms with van der Waals surface area (Å²) in [5, 5.41) is 5.70. The van der Waals surface area contributed by atoms with E-state index in [4.69, 9.17) is 4.74 Å². The normalized spacial score (nSPS) is 13.7. The first-order chi connectivity index (χ1) is 12.8. The second-order valence-corrected chi connectivity index (χ2v) is 7.90. The van der Waals surface area contributed by atoms with Crippen LogP contribution < -0.4 is 15.4 Å². The second-order valence-electron chi connectivity index (χ2n) is 7.90. The van der Waals surface area contributed by atoms with E-state index >= 15 is 0 Å². The number of amides is 2. The minimum atomic E-state index is -0.304. The van der Waals surface area contributed by atoms with Crippen LogP contribution in [-0.4, -0.2) is 24.5 Å². The lowest BCUT2D eigenvalue weighted by molar-refractivity contribution is -0.118. The summed E-state index contributed by atoms with van der Waals surface area (Å²) in [5.41, 5.74) is 2.23. The van der Waals surface area contributed by atoms with Gasteiger partial charge in [-0.3, -0.25) is 9.59 Å². The summed E-state index contributed by atoms with van der Waals surface area (Å²) in [6.45, 7) is 6.32. The maximum atomic E-state index is 12.3. The molecular formula is C22H26N2O3. The molecule has 0 unspecified atom stereocenters. The fourth-order valence-corrected chi connectivity index (χ4v) is 2.67. The van der Waals surface area contributed by atoms with Crippen molar-refractivity contribution in [2.45, 2.75) is 45.1 Å². The predicted molar refractivity (Wildman–Crippen MR) is 106 cm³/mol. The Labute approximate surface area is 160 Å². The Morgan fingerprint density at radius 2 is 1.70 bits per heavy atom. The van der Waals surface area contributed by atoms with Gasteiger partial charge < -0.3 is 15.4 Å². The van der Waals surface area contributed by atoms with Gasteiger partial charge in [-0.25, -0.2) is 0 Å². The van der Waals surface area contributed by atoms with E-state index in [1.807, 2.05) is 24.3 Å². The molecule has 2 aromatic carbocycles. The summed E-state index contributed by atoms with van der Waals surface area (Å²) in [7, 11) is 0.